The van der Waals surface area contributed by atoms with E-state index in [1.54, 1.807) is 11.8 Å². The van der Waals surface area contributed by atoms with Crippen LogP contribution in [-0.4, -0.2) is 31.3 Å². The minimum atomic E-state index is 0.742. The number of nitrogens with zero attached hydrogens (tertiary/aromatic N) is 1. The van der Waals surface area contributed by atoms with Crippen molar-refractivity contribution in [1.82, 2.24) is 4.90 Å². The third kappa shape index (κ3) is 3.78. The second-order valence-corrected chi connectivity index (χ2v) is 4.91. The minimum absolute atomic E-state index is 0.742. The second kappa shape index (κ2) is 5.49. The number of anilines is 1. The zero-order valence-corrected chi connectivity index (χ0v) is 10.0. The number of nitrogen functional groups attached to an aromatic ring is 1. The third-order valence-electron chi connectivity index (χ3n) is 1.77. The summed E-state index contributed by atoms with van der Waals surface area (Å²) >= 11 is 7.62. The molecule has 0 spiro atoms. The number of halogens is 1. The Balaban J connectivity index is 2.53. The molecule has 0 aliphatic heterocycles. The number of nitrogens with two attached hydrogens (primary N) is 1. The molecule has 2 N–H and O–H groups in total. The largest absolute Gasteiger partial charge is 0.398 e. The van der Waals surface area contributed by atoms with Crippen LogP contribution < -0.4 is 5.73 Å². The van der Waals surface area contributed by atoms with Gasteiger partial charge in [0, 0.05) is 27.9 Å². The van der Waals surface area contributed by atoms with Gasteiger partial charge in [0.05, 0.1) is 0 Å². The zero-order valence-electron chi connectivity index (χ0n) is 8.46. The van der Waals surface area contributed by atoms with Crippen molar-refractivity contribution in [3.8, 4) is 0 Å². The fourth-order valence-electron chi connectivity index (χ4n) is 0.971. The van der Waals surface area contributed by atoms with Crippen molar-refractivity contribution >= 4 is 29.1 Å². The molecule has 1 rings (SSSR count). The molecule has 0 amide bonds. The Morgan fingerprint density at radius 2 is 2.14 bits per heavy atom. The maximum atomic E-state index is 5.88. The van der Waals surface area contributed by atoms with E-state index in [2.05, 4.69) is 19.0 Å². The highest BCUT2D eigenvalue weighted by Crippen LogP contribution is 2.27. The molecule has 4 heteroatoms. The van der Waals surface area contributed by atoms with Gasteiger partial charge in [0.2, 0.25) is 0 Å². The fraction of sp³-hybridized carbons (Fsp3) is 0.400. The van der Waals surface area contributed by atoms with E-state index in [9.17, 15) is 0 Å². The monoisotopic (exact) mass is 230 g/mol. The van der Waals surface area contributed by atoms with E-state index in [-0.39, 0.29) is 0 Å². The van der Waals surface area contributed by atoms with Gasteiger partial charge in [0.25, 0.3) is 0 Å². The summed E-state index contributed by atoms with van der Waals surface area (Å²) in [7, 11) is 4.11. The fourth-order valence-corrected chi connectivity index (χ4v) is 2.33. The summed E-state index contributed by atoms with van der Waals surface area (Å²) in [5.74, 6) is 1.03. The van der Waals surface area contributed by atoms with Crippen LogP contribution in [0.15, 0.2) is 23.1 Å². The Bertz CT molecular complexity index is 302. The van der Waals surface area contributed by atoms with Crippen molar-refractivity contribution in [3.63, 3.8) is 0 Å². The molecule has 0 fully saturated rings. The zero-order chi connectivity index (χ0) is 10.6. The molecule has 0 unspecified atom stereocenters. The average Bonchev–Trinajstić information content (AvgIpc) is 2.10. The predicted molar refractivity (Wildman–Crippen MR) is 65.1 cm³/mol. The number of hydrogen-bond donors (Lipinski definition) is 1. The molecule has 1 aromatic rings. The van der Waals surface area contributed by atoms with Crippen LogP contribution in [0.4, 0.5) is 5.69 Å². The smallest absolute Gasteiger partial charge is 0.0453 e. The Labute approximate surface area is 94.4 Å². The molecule has 0 atom stereocenters. The summed E-state index contributed by atoms with van der Waals surface area (Å²) in [5.41, 5.74) is 6.62. The van der Waals surface area contributed by atoms with E-state index < -0.39 is 0 Å². The van der Waals surface area contributed by atoms with Crippen LogP contribution in [0, 0.1) is 0 Å². The SMILES string of the molecule is CN(C)CCSc1cc(Cl)ccc1N. The first kappa shape index (κ1) is 11.7. The molecule has 1 aromatic carbocycles. The molecule has 0 saturated carbocycles. The summed E-state index contributed by atoms with van der Waals surface area (Å²) in [4.78, 5) is 3.22. The van der Waals surface area contributed by atoms with Crippen LogP contribution in [0.25, 0.3) is 0 Å². The summed E-state index contributed by atoms with van der Waals surface area (Å²) < 4.78 is 0. The van der Waals surface area contributed by atoms with Gasteiger partial charge in [-0.3, -0.25) is 0 Å². The Morgan fingerprint density at radius 1 is 1.43 bits per heavy atom. The van der Waals surface area contributed by atoms with Crippen LogP contribution in [0.3, 0.4) is 0 Å². The molecule has 0 aromatic heterocycles. The van der Waals surface area contributed by atoms with E-state index in [4.69, 9.17) is 17.3 Å². The normalized spacial score (nSPS) is 10.9. The van der Waals surface area contributed by atoms with Crippen LogP contribution >= 0.6 is 23.4 Å². The van der Waals surface area contributed by atoms with Gasteiger partial charge in [0.1, 0.15) is 0 Å². The first-order chi connectivity index (χ1) is 6.59. The van der Waals surface area contributed by atoms with Crippen LogP contribution in [0.2, 0.25) is 5.02 Å². The predicted octanol–water partition coefficient (Wildman–Crippen LogP) is 2.58. The number of hydrogen-bond acceptors (Lipinski definition) is 3. The lowest BCUT2D eigenvalue weighted by atomic mass is 10.3. The standard InChI is InChI=1S/C10H15ClN2S/c1-13(2)5-6-14-10-7-8(11)3-4-9(10)12/h3-4,7H,5-6,12H2,1-2H3. The Hall–Kier alpha value is -0.380. The van der Waals surface area contributed by atoms with E-state index in [1.807, 2.05) is 18.2 Å². The second-order valence-electron chi connectivity index (χ2n) is 3.33. The first-order valence-corrected chi connectivity index (χ1v) is 5.78. The Kier molecular flexibility index (Phi) is 4.58. The van der Waals surface area contributed by atoms with Gasteiger partial charge in [0.15, 0.2) is 0 Å². The molecule has 0 aliphatic carbocycles. The van der Waals surface area contributed by atoms with E-state index in [1.165, 1.54) is 0 Å². The van der Waals surface area contributed by atoms with Crippen molar-refractivity contribution in [2.24, 2.45) is 0 Å². The first-order valence-electron chi connectivity index (χ1n) is 4.42. The molecule has 0 aliphatic rings. The van der Waals surface area contributed by atoms with Crippen molar-refractivity contribution in [2.75, 3.05) is 32.1 Å². The Morgan fingerprint density at radius 3 is 2.79 bits per heavy atom. The molecule has 14 heavy (non-hydrogen) atoms. The average molecular weight is 231 g/mol. The van der Waals surface area contributed by atoms with E-state index in [0.29, 0.717) is 0 Å². The van der Waals surface area contributed by atoms with Gasteiger partial charge in [-0.2, -0.15) is 0 Å². The summed E-state index contributed by atoms with van der Waals surface area (Å²) in [6.45, 7) is 1.04. The maximum Gasteiger partial charge on any atom is 0.0453 e. The lowest BCUT2D eigenvalue weighted by Crippen LogP contribution is -2.14. The summed E-state index contributed by atoms with van der Waals surface area (Å²) in [6.07, 6.45) is 0. The lowest BCUT2D eigenvalue weighted by Gasteiger charge is -2.10. The summed E-state index contributed by atoms with van der Waals surface area (Å²) in [5, 5.41) is 0.742. The highest BCUT2D eigenvalue weighted by atomic mass is 35.5. The summed E-state index contributed by atoms with van der Waals surface area (Å²) in [6, 6.07) is 5.57. The molecular formula is C10H15ClN2S. The minimum Gasteiger partial charge on any atom is -0.398 e. The number of rotatable bonds is 4. The van der Waals surface area contributed by atoms with Crippen LogP contribution in [0.5, 0.6) is 0 Å². The lowest BCUT2D eigenvalue weighted by molar-refractivity contribution is 0.437. The topological polar surface area (TPSA) is 29.3 Å². The molecule has 0 saturated heterocycles. The molecule has 0 radical (unpaired) electrons. The molecule has 78 valence electrons. The molecular weight excluding hydrogens is 216 g/mol. The van der Waals surface area contributed by atoms with Gasteiger partial charge in [-0.1, -0.05) is 11.6 Å². The quantitative estimate of drug-likeness (QED) is 0.637. The van der Waals surface area contributed by atoms with Gasteiger partial charge < -0.3 is 10.6 Å². The van der Waals surface area contributed by atoms with Gasteiger partial charge in [-0.15, -0.1) is 11.8 Å². The molecule has 2 nitrogen and oxygen atoms in total. The molecule has 0 heterocycles. The molecule has 0 bridgehead atoms. The van der Waals surface area contributed by atoms with E-state index >= 15 is 0 Å². The van der Waals surface area contributed by atoms with Crippen LogP contribution in [0.1, 0.15) is 0 Å². The van der Waals surface area contributed by atoms with Gasteiger partial charge in [-0.25, -0.2) is 0 Å². The van der Waals surface area contributed by atoms with Crippen molar-refractivity contribution in [1.29, 1.82) is 0 Å². The van der Waals surface area contributed by atoms with Gasteiger partial charge in [-0.05, 0) is 32.3 Å². The van der Waals surface area contributed by atoms with Crippen molar-refractivity contribution in [2.45, 2.75) is 4.90 Å². The van der Waals surface area contributed by atoms with Gasteiger partial charge >= 0.3 is 0 Å². The van der Waals surface area contributed by atoms with Crippen molar-refractivity contribution in [3.05, 3.63) is 23.2 Å². The highest BCUT2D eigenvalue weighted by Gasteiger charge is 2.01. The third-order valence-corrected chi connectivity index (χ3v) is 3.06. The van der Waals surface area contributed by atoms with E-state index in [0.717, 1.165) is 27.9 Å². The maximum absolute atomic E-state index is 5.88. The number of thioether (sulfide) groups is 1. The number of benzene rings is 1. The highest BCUT2D eigenvalue weighted by molar-refractivity contribution is 7.99. The van der Waals surface area contributed by atoms with Crippen molar-refractivity contribution < 1.29 is 0 Å². The van der Waals surface area contributed by atoms with Crippen LogP contribution in [-0.2, 0) is 0 Å².